The van der Waals surface area contributed by atoms with E-state index in [0.717, 1.165) is 50.3 Å². The quantitative estimate of drug-likeness (QED) is 0.616. The van der Waals surface area contributed by atoms with E-state index in [2.05, 4.69) is 11.8 Å². The Bertz CT molecular complexity index is 1000. The molecule has 176 valence electrons. The van der Waals surface area contributed by atoms with Gasteiger partial charge in [0.25, 0.3) is 5.91 Å². The molecule has 33 heavy (non-hydrogen) atoms. The smallest absolute Gasteiger partial charge is 0.255 e. The maximum Gasteiger partial charge on any atom is 0.255 e. The predicted molar refractivity (Wildman–Crippen MR) is 127 cm³/mol. The fourth-order valence-electron chi connectivity index (χ4n) is 4.83. The number of amides is 2. The van der Waals surface area contributed by atoms with E-state index in [1.54, 1.807) is 14.2 Å². The molecule has 2 aliphatic rings. The lowest BCUT2D eigenvalue weighted by atomic mass is 10.00. The molecule has 2 aliphatic heterocycles. The third-order valence-electron chi connectivity index (χ3n) is 6.65. The standard InChI is InChI=1S/C26H33N3O4/c1-4-11-27-12-14-28(15-13-27)25(30)17-22(19-9-10-23(32-2)24(16-19)33-3)29-18-20-7-5-6-8-21(20)26(29)31/h5-10,16,22H,4,11-15,17-18H2,1-3H3/t22-/m0/s1. The largest absolute Gasteiger partial charge is 0.493 e. The minimum Gasteiger partial charge on any atom is -0.493 e. The van der Waals surface area contributed by atoms with Gasteiger partial charge in [-0.15, -0.1) is 0 Å². The molecular weight excluding hydrogens is 418 g/mol. The molecule has 0 aliphatic carbocycles. The Kier molecular flexibility index (Phi) is 7.18. The van der Waals surface area contributed by atoms with Crippen LogP contribution in [0.15, 0.2) is 42.5 Å². The van der Waals surface area contributed by atoms with Crippen LogP contribution in [0.3, 0.4) is 0 Å². The van der Waals surface area contributed by atoms with E-state index < -0.39 is 0 Å². The first-order valence-corrected chi connectivity index (χ1v) is 11.7. The van der Waals surface area contributed by atoms with Crippen LogP contribution in [0.1, 0.15) is 47.3 Å². The fraction of sp³-hybridized carbons (Fsp3) is 0.462. The zero-order valence-electron chi connectivity index (χ0n) is 19.8. The number of hydrogen-bond donors (Lipinski definition) is 0. The molecule has 0 bridgehead atoms. The SMILES string of the molecule is CCCN1CCN(C(=O)C[C@@H](c2ccc(OC)c(OC)c2)N2Cc3ccccc3C2=O)CC1. The van der Waals surface area contributed by atoms with Crippen LogP contribution in [-0.2, 0) is 11.3 Å². The second-order valence-electron chi connectivity index (χ2n) is 8.65. The van der Waals surface area contributed by atoms with E-state index >= 15 is 0 Å². The highest BCUT2D eigenvalue weighted by Gasteiger charge is 2.36. The van der Waals surface area contributed by atoms with E-state index in [1.165, 1.54) is 0 Å². The van der Waals surface area contributed by atoms with Gasteiger partial charge in [-0.2, -0.15) is 0 Å². The van der Waals surface area contributed by atoms with E-state index in [0.29, 0.717) is 23.6 Å². The van der Waals surface area contributed by atoms with Gasteiger partial charge in [-0.3, -0.25) is 14.5 Å². The molecule has 0 spiro atoms. The zero-order valence-corrected chi connectivity index (χ0v) is 19.8. The summed E-state index contributed by atoms with van der Waals surface area (Å²) in [6.07, 6.45) is 1.36. The van der Waals surface area contributed by atoms with Crippen LogP contribution in [0.2, 0.25) is 0 Å². The van der Waals surface area contributed by atoms with Gasteiger partial charge in [-0.25, -0.2) is 0 Å². The van der Waals surface area contributed by atoms with Crippen molar-refractivity contribution in [2.75, 3.05) is 46.9 Å². The Morgan fingerprint density at radius 1 is 1.00 bits per heavy atom. The molecule has 2 aromatic carbocycles. The summed E-state index contributed by atoms with van der Waals surface area (Å²) < 4.78 is 10.9. The summed E-state index contributed by atoms with van der Waals surface area (Å²) in [5.74, 6) is 1.25. The summed E-state index contributed by atoms with van der Waals surface area (Å²) >= 11 is 0. The first-order chi connectivity index (χ1) is 16.0. The molecular formula is C26H33N3O4. The number of piperazine rings is 1. The predicted octanol–water partition coefficient (Wildman–Crippen LogP) is 3.35. The summed E-state index contributed by atoms with van der Waals surface area (Å²) in [7, 11) is 3.19. The summed E-state index contributed by atoms with van der Waals surface area (Å²) in [5.41, 5.74) is 2.57. The Balaban J connectivity index is 1.59. The molecule has 2 amide bonds. The summed E-state index contributed by atoms with van der Waals surface area (Å²) in [5, 5.41) is 0. The van der Waals surface area contributed by atoms with Gasteiger partial charge in [-0.1, -0.05) is 31.2 Å². The average molecular weight is 452 g/mol. The van der Waals surface area contributed by atoms with Gasteiger partial charge < -0.3 is 19.3 Å². The minimum absolute atomic E-state index is 0.0362. The van der Waals surface area contributed by atoms with Gasteiger partial charge in [-0.05, 0) is 42.3 Å². The van der Waals surface area contributed by atoms with Crippen LogP contribution in [0.25, 0.3) is 0 Å². The van der Waals surface area contributed by atoms with Crippen molar-refractivity contribution in [3.8, 4) is 11.5 Å². The van der Waals surface area contributed by atoms with Gasteiger partial charge in [0.2, 0.25) is 5.91 Å². The molecule has 0 aromatic heterocycles. The number of benzene rings is 2. The molecule has 1 saturated heterocycles. The third-order valence-corrected chi connectivity index (χ3v) is 6.65. The van der Waals surface area contributed by atoms with E-state index in [4.69, 9.17) is 9.47 Å². The third kappa shape index (κ3) is 4.83. The average Bonchev–Trinajstić information content (AvgIpc) is 3.19. The van der Waals surface area contributed by atoms with Crippen LogP contribution >= 0.6 is 0 Å². The normalized spacial score (nSPS) is 17.1. The van der Waals surface area contributed by atoms with Crippen molar-refractivity contribution in [3.63, 3.8) is 0 Å². The van der Waals surface area contributed by atoms with E-state index in [-0.39, 0.29) is 24.3 Å². The van der Waals surface area contributed by atoms with Gasteiger partial charge >= 0.3 is 0 Å². The molecule has 0 N–H and O–H groups in total. The summed E-state index contributed by atoms with van der Waals surface area (Å²) in [6.45, 7) is 6.99. The highest BCUT2D eigenvalue weighted by atomic mass is 16.5. The van der Waals surface area contributed by atoms with Gasteiger partial charge in [0.05, 0.1) is 26.7 Å². The molecule has 2 heterocycles. The molecule has 0 unspecified atom stereocenters. The molecule has 0 radical (unpaired) electrons. The van der Waals surface area contributed by atoms with Gasteiger partial charge in [0, 0.05) is 38.3 Å². The molecule has 1 fully saturated rings. The number of fused-ring (bicyclic) bond motifs is 1. The Morgan fingerprint density at radius 2 is 1.73 bits per heavy atom. The van der Waals surface area contributed by atoms with Crippen LogP contribution in [0.4, 0.5) is 0 Å². The topological polar surface area (TPSA) is 62.3 Å². The number of carbonyl (C=O) groups is 2. The molecule has 1 atom stereocenters. The number of hydrogen-bond acceptors (Lipinski definition) is 5. The molecule has 7 nitrogen and oxygen atoms in total. The monoisotopic (exact) mass is 451 g/mol. The second kappa shape index (κ2) is 10.3. The lowest BCUT2D eigenvalue weighted by molar-refractivity contribution is -0.134. The second-order valence-corrected chi connectivity index (χ2v) is 8.65. The van der Waals surface area contributed by atoms with Crippen molar-refractivity contribution in [2.24, 2.45) is 0 Å². The van der Waals surface area contributed by atoms with Crippen LogP contribution in [0.5, 0.6) is 11.5 Å². The highest BCUT2D eigenvalue weighted by Crippen LogP contribution is 2.37. The molecule has 7 heteroatoms. The number of nitrogens with zero attached hydrogens (tertiary/aromatic N) is 3. The lowest BCUT2D eigenvalue weighted by Crippen LogP contribution is -2.49. The number of methoxy groups -OCH3 is 2. The van der Waals surface area contributed by atoms with Gasteiger partial charge in [0.15, 0.2) is 11.5 Å². The van der Waals surface area contributed by atoms with Crippen LogP contribution in [-0.4, -0.2) is 73.5 Å². The maximum absolute atomic E-state index is 13.4. The Morgan fingerprint density at radius 3 is 2.39 bits per heavy atom. The van der Waals surface area contributed by atoms with Crippen molar-refractivity contribution >= 4 is 11.8 Å². The van der Waals surface area contributed by atoms with Crippen molar-refractivity contribution < 1.29 is 19.1 Å². The zero-order chi connectivity index (χ0) is 23.4. The van der Waals surface area contributed by atoms with Crippen molar-refractivity contribution in [1.29, 1.82) is 0 Å². The number of rotatable bonds is 8. The van der Waals surface area contributed by atoms with Crippen molar-refractivity contribution in [3.05, 3.63) is 59.2 Å². The van der Waals surface area contributed by atoms with E-state index in [9.17, 15) is 9.59 Å². The van der Waals surface area contributed by atoms with Crippen molar-refractivity contribution in [1.82, 2.24) is 14.7 Å². The van der Waals surface area contributed by atoms with E-state index in [1.807, 2.05) is 52.3 Å². The minimum atomic E-state index is -0.383. The molecule has 2 aromatic rings. The van der Waals surface area contributed by atoms with Crippen LogP contribution < -0.4 is 9.47 Å². The van der Waals surface area contributed by atoms with Crippen LogP contribution in [0, 0.1) is 0 Å². The van der Waals surface area contributed by atoms with Gasteiger partial charge in [0.1, 0.15) is 0 Å². The Hall–Kier alpha value is -3.06. The summed E-state index contributed by atoms with van der Waals surface area (Å²) in [4.78, 5) is 32.8. The molecule has 4 rings (SSSR count). The molecule has 0 saturated carbocycles. The number of carbonyl (C=O) groups excluding carboxylic acids is 2. The fourth-order valence-corrected chi connectivity index (χ4v) is 4.83. The Labute approximate surface area is 195 Å². The first-order valence-electron chi connectivity index (χ1n) is 11.7. The lowest BCUT2D eigenvalue weighted by Gasteiger charge is -2.36. The maximum atomic E-state index is 13.4. The first kappa shape index (κ1) is 23.1. The van der Waals surface area contributed by atoms with Crippen molar-refractivity contribution in [2.45, 2.75) is 32.4 Å². The highest BCUT2D eigenvalue weighted by molar-refractivity contribution is 5.98. The number of ether oxygens (including phenoxy) is 2. The summed E-state index contributed by atoms with van der Waals surface area (Å²) in [6, 6.07) is 12.9.